The number of rotatable bonds is 7. The first-order valence-corrected chi connectivity index (χ1v) is 8.97. The largest absolute Gasteiger partial charge is 0.369 e. The number of aromatic nitrogens is 2. The van der Waals surface area contributed by atoms with Gasteiger partial charge >= 0.3 is 0 Å². The van der Waals surface area contributed by atoms with Crippen molar-refractivity contribution in [3.8, 4) is 0 Å². The topological polar surface area (TPSA) is 49.8 Å². The molecule has 0 unspecified atom stereocenters. The number of nitrogens with zero attached hydrogens (tertiary/aromatic N) is 2. The summed E-state index contributed by atoms with van der Waals surface area (Å²) in [4.78, 5) is 10.2. The predicted molar refractivity (Wildman–Crippen MR) is 91.3 cm³/mol. The van der Waals surface area contributed by atoms with Crippen LogP contribution < -0.4 is 10.6 Å². The van der Waals surface area contributed by atoms with Gasteiger partial charge in [0.2, 0.25) is 5.95 Å². The van der Waals surface area contributed by atoms with Gasteiger partial charge in [0.1, 0.15) is 10.6 Å². The Morgan fingerprint density at radius 2 is 2.10 bits per heavy atom. The number of anilines is 2. The summed E-state index contributed by atoms with van der Waals surface area (Å²) in [5.41, 5.74) is 0. The summed E-state index contributed by atoms with van der Waals surface area (Å²) in [5.74, 6) is 2.67. The minimum atomic E-state index is 0.728. The van der Waals surface area contributed by atoms with Crippen LogP contribution in [0, 0.1) is 5.92 Å². The number of hydrogen-bond donors (Lipinski definition) is 2. The summed E-state index contributed by atoms with van der Waals surface area (Å²) >= 11 is 1.67. The lowest BCUT2D eigenvalue weighted by Gasteiger charge is -2.11. The van der Waals surface area contributed by atoms with Gasteiger partial charge in [-0.3, -0.25) is 0 Å². The van der Waals surface area contributed by atoms with Crippen LogP contribution >= 0.6 is 11.3 Å². The Bertz CT molecular complexity index is 575. The highest BCUT2D eigenvalue weighted by atomic mass is 32.1. The van der Waals surface area contributed by atoms with Crippen LogP contribution in [-0.4, -0.2) is 23.1 Å². The van der Waals surface area contributed by atoms with Gasteiger partial charge in [-0.05, 0) is 37.1 Å². The predicted octanol–water partition coefficient (Wildman–Crippen LogP) is 4.51. The molecular formula is C16H24N4S. The molecule has 2 N–H and O–H groups in total. The van der Waals surface area contributed by atoms with Crippen LogP contribution in [0.3, 0.4) is 0 Å². The molecule has 0 spiro atoms. The van der Waals surface area contributed by atoms with Crippen molar-refractivity contribution in [1.82, 2.24) is 9.97 Å². The van der Waals surface area contributed by atoms with Crippen molar-refractivity contribution in [1.29, 1.82) is 0 Å². The summed E-state index contributed by atoms with van der Waals surface area (Å²) in [6.07, 6.45) is 8.33. The molecule has 1 aliphatic carbocycles. The molecule has 21 heavy (non-hydrogen) atoms. The van der Waals surface area contributed by atoms with E-state index in [2.05, 4.69) is 39.0 Å². The second-order valence-corrected chi connectivity index (χ2v) is 6.68. The Labute approximate surface area is 130 Å². The van der Waals surface area contributed by atoms with Crippen LogP contribution in [0.25, 0.3) is 10.2 Å². The van der Waals surface area contributed by atoms with E-state index in [4.69, 9.17) is 0 Å². The highest BCUT2D eigenvalue weighted by Crippen LogP contribution is 2.29. The second-order valence-electron chi connectivity index (χ2n) is 5.79. The van der Waals surface area contributed by atoms with Gasteiger partial charge in [0.05, 0.1) is 5.39 Å². The number of hydrogen-bond acceptors (Lipinski definition) is 5. The van der Waals surface area contributed by atoms with E-state index in [0.717, 1.165) is 41.0 Å². The molecule has 4 nitrogen and oxygen atoms in total. The molecule has 0 atom stereocenters. The highest BCUT2D eigenvalue weighted by Gasteiger charge is 2.14. The van der Waals surface area contributed by atoms with E-state index in [-0.39, 0.29) is 0 Å². The van der Waals surface area contributed by atoms with Gasteiger partial charge in [0.15, 0.2) is 0 Å². The molecule has 0 bridgehead atoms. The third-order valence-electron chi connectivity index (χ3n) is 4.22. The fraction of sp³-hybridized carbons (Fsp3) is 0.625. The first-order valence-electron chi connectivity index (χ1n) is 8.10. The lowest BCUT2D eigenvalue weighted by Crippen LogP contribution is -2.08. The molecule has 0 aromatic carbocycles. The van der Waals surface area contributed by atoms with Crippen molar-refractivity contribution < 1.29 is 0 Å². The Morgan fingerprint density at radius 3 is 2.90 bits per heavy atom. The van der Waals surface area contributed by atoms with Gasteiger partial charge in [-0.1, -0.05) is 25.7 Å². The summed E-state index contributed by atoms with van der Waals surface area (Å²) in [5, 5.41) is 9.94. The van der Waals surface area contributed by atoms with E-state index < -0.39 is 0 Å². The Morgan fingerprint density at radius 1 is 1.24 bits per heavy atom. The second kappa shape index (κ2) is 7.07. The number of thiophene rings is 1. The van der Waals surface area contributed by atoms with Crippen LogP contribution in [0.4, 0.5) is 11.8 Å². The van der Waals surface area contributed by atoms with Gasteiger partial charge in [0.25, 0.3) is 0 Å². The van der Waals surface area contributed by atoms with Crippen molar-refractivity contribution in [3.05, 3.63) is 11.4 Å². The molecule has 0 saturated heterocycles. The van der Waals surface area contributed by atoms with E-state index >= 15 is 0 Å². The average Bonchev–Trinajstić information content (AvgIpc) is 3.14. The zero-order valence-electron chi connectivity index (χ0n) is 12.7. The third kappa shape index (κ3) is 3.64. The lowest BCUT2D eigenvalue weighted by atomic mass is 10.0. The minimum Gasteiger partial charge on any atom is -0.369 e. The van der Waals surface area contributed by atoms with E-state index in [0.29, 0.717) is 0 Å². The highest BCUT2D eigenvalue weighted by molar-refractivity contribution is 7.16. The lowest BCUT2D eigenvalue weighted by molar-refractivity contribution is 0.491. The van der Waals surface area contributed by atoms with Gasteiger partial charge < -0.3 is 10.6 Å². The van der Waals surface area contributed by atoms with Crippen LogP contribution in [0.1, 0.15) is 45.4 Å². The maximum atomic E-state index is 4.61. The minimum absolute atomic E-state index is 0.728. The molecule has 5 heteroatoms. The van der Waals surface area contributed by atoms with Gasteiger partial charge in [-0.2, -0.15) is 4.98 Å². The maximum absolute atomic E-state index is 4.61. The van der Waals surface area contributed by atoms with E-state index in [1.165, 1.54) is 38.5 Å². The molecule has 1 fully saturated rings. The third-order valence-corrected chi connectivity index (χ3v) is 5.02. The monoisotopic (exact) mass is 304 g/mol. The van der Waals surface area contributed by atoms with Crippen LogP contribution in [0.5, 0.6) is 0 Å². The SMILES string of the molecule is CCNc1nc(NCCCC2CCCC2)c2ccsc2n1. The molecule has 2 aromatic heterocycles. The average molecular weight is 304 g/mol. The van der Waals surface area contributed by atoms with Gasteiger partial charge in [-0.25, -0.2) is 4.98 Å². The van der Waals surface area contributed by atoms with E-state index in [9.17, 15) is 0 Å². The van der Waals surface area contributed by atoms with Crippen molar-refractivity contribution in [2.24, 2.45) is 5.92 Å². The van der Waals surface area contributed by atoms with Crippen molar-refractivity contribution in [2.75, 3.05) is 23.7 Å². The molecule has 0 amide bonds. The van der Waals surface area contributed by atoms with Gasteiger partial charge in [0, 0.05) is 13.1 Å². The Balaban J connectivity index is 1.60. The molecular weight excluding hydrogens is 280 g/mol. The zero-order valence-corrected chi connectivity index (χ0v) is 13.5. The summed E-state index contributed by atoms with van der Waals surface area (Å²) in [6.45, 7) is 3.92. The Hall–Kier alpha value is -1.36. The first-order chi connectivity index (χ1) is 10.4. The summed E-state index contributed by atoms with van der Waals surface area (Å²) < 4.78 is 0. The molecule has 114 valence electrons. The molecule has 3 rings (SSSR count). The summed E-state index contributed by atoms with van der Waals surface area (Å²) in [6, 6.07) is 2.11. The van der Waals surface area contributed by atoms with Crippen molar-refractivity contribution >= 4 is 33.3 Å². The van der Waals surface area contributed by atoms with Crippen LogP contribution in [0.2, 0.25) is 0 Å². The normalized spacial score (nSPS) is 15.7. The molecule has 2 heterocycles. The molecule has 0 radical (unpaired) electrons. The number of fused-ring (bicyclic) bond motifs is 1. The van der Waals surface area contributed by atoms with Crippen molar-refractivity contribution in [3.63, 3.8) is 0 Å². The molecule has 0 aliphatic heterocycles. The summed E-state index contributed by atoms with van der Waals surface area (Å²) in [7, 11) is 0. The van der Waals surface area contributed by atoms with Crippen LogP contribution in [-0.2, 0) is 0 Å². The molecule has 2 aromatic rings. The smallest absolute Gasteiger partial charge is 0.226 e. The van der Waals surface area contributed by atoms with Crippen molar-refractivity contribution in [2.45, 2.75) is 45.4 Å². The fourth-order valence-corrected chi connectivity index (χ4v) is 3.89. The zero-order chi connectivity index (χ0) is 14.5. The quantitative estimate of drug-likeness (QED) is 0.739. The maximum Gasteiger partial charge on any atom is 0.226 e. The van der Waals surface area contributed by atoms with Crippen LogP contribution in [0.15, 0.2) is 11.4 Å². The number of nitrogens with one attached hydrogen (secondary N) is 2. The Kier molecular flexibility index (Phi) is 4.91. The van der Waals surface area contributed by atoms with Gasteiger partial charge in [-0.15, -0.1) is 11.3 Å². The molecule has 1 saturated carbocycles. The van der Waals surface area contributed by atoms with E-state index in [1.807, 2.05) is 0 Å². The first kappa shape index (κ1) is 14.6. The molecule has 1 aliphatic rings. The van der Waals surface area contributed by atoms with E-state index in [1.54, 1.807) is 11.3 Å². The fourth-order valence-electron chi connectivity index (χ4n) is 3.12. The standard InChI is InChI=1S/C16H24N4S/c1-2-17-16-19-14(13-9-11-21-15(13)20-16)18-10-5-8-12-6-3-4-7-12/h9,11-12H,2-8,10H2,1H3,(H2,17,18,19,20).